The molecule has 0 aromatic rings. The van der Waals surface area contributed by atoms with E-state index in [9.17, 15) is 8.42 Å². The first kappa shape index (κ1) is 14.9. The fourth-order valence-electron chi connectivity index (χ4n) is 2.97. The maximum atomic E-state index is 11.5. The van der Waals surface area contributed by atoms with Crippen molar-refractivity contribution in [2.75, 3.05) is 30.9 Å². The summed E-state index contributed by atoms with van der Waals surface area (Å²) in [6.45, 7) is 1.61. The quantitative estimate of drug-likeness (QED) is 0.333. The molecule has 2 heterocycles. The number of hydrogen-bond donors (Lipinski definition) is 2. The molecule has 0 aliphatic carbocycles. The summed E-state index contributed by atoms with van der Waals surface area (Å²) >= 11 is 1.61. The maximum absolute atomic E-state index is 11.5. The van der Waals surface area contributed by atoms with Crippen molar-refractivity contribution in [1.82, 2.24) is 4.90 Å². The lowest BCUT2D eigenvalue weighted by molar-refractivity contribution is 0.169. The largest absolute Gasteiger partial charge is 0.409 e. The van der Waals surface area contributed by atoms with Gasteiger partial charge in [-0.25, -0.2) is 8.42 Å². The Hall–Kier alpha value is -0.470. The summed E-state index contributed by atoms with van der Waals surface area (Å²) in [4.78, 5) is 2.24. The van der Waals surface area contributed by atoms with E-state index < -0.39 is 9.84 Å². The van der Waals surface area contributed by atoms with E-state index >= 15 is 0 Å². The van der Waals surface area contributed by atoms with Gasteiger partial charge in [0, 0.05) is 19.1 Å². The van der Waals surface area contributed by atoms with E-state index in [-0.39, 0.29) is 22.4 Å². The number of hydrogen-bond acceptors (Lipinski definition) is 6. The predicted octanol–water partition coefficient (Wildman–Crippen LogP) is 0.117. The topological polar surface area (TPSA) is 96.0 Å². The number of nitrogens with zero attached hydrogens (tertiary/aromatic N) is 2. The minimum Gasteiger partial charge on any atom is -0.409 e. The highest BCUT2D eigenvalue weighted by atomic mass is 32.2. The molecule has 2 fully saturated rings. The first-order valence-corrected chi connectivity index (χ1v) is 9.45. The Morgan fingerprint density at radius 1 is 1.47 bits per heavy atom. The van der Waals surface area contributed by atoms with Gasteiger partial charge in [0.15, 0.2) is 15.7 Å². The molecule has 2 rings (SSSR count). The second-order valence-electron chi connectivity index (χ2n) is 5.28. The molecule has 3 N–H and O–H groups in total. The monoisotopic (exact) mass is 307 g/mol. The second kappa shape index (κ2) is 5.49. The SMILES string of the molecule is CSC1(C(N)=NO)CCN(C2CCS(=O)(=O)C2)CC1. The normalized spacial score (nSPS) is 31.4. The van der Waals surface area contributed by atoms with Crippen molar-refractivity contribution >= 4 is 27.4 Å². The van der Waals surface area contributed by atoms with Gasteiger partial charge in [-0.15, -0.1) is 0 Å². The minimum atomic E-state index is -2.84. The summed E-state index contributed by atoms with van der Waals surface area (Å²) in [5.41, 5.74) is 5.80. The van der Waals surface area contributed by atoms with Crippen LogP contribution in [-0.4, -0.2) is 66.0 Å². The van der Waals surface area contributed by atoms with E-state index in [0.29, 0.717) is 5.75 Å². The summed E-state index contributed by atoms with van der Waals surface area (Å²) in [7, 11) is -2.84. The number of oxime groups is 1. The lowest BCUT2D eigenvalue weighted by Crippen LogP contribution is -2.52. The Morgan fingerprint density at radius 2 is 2.11 bits per heavy atom. The number of nitrogens with two attached hydrogens (primary N) is 1. The third kappa shape index (κ3) is 3.00. The van der Waals surface area contributed by atoms with Crippen molar-refractivity contribution in [3.8, 4) is 0 Å². The number of sulfone groups is 1. The third-order valence-corrected chi connectivity index (χ3v) is 7.45. The van der Waals surface area contributed by atoms with Gasteiger partial charge in [-0.1, -0.05) is 5.16 Å². The van der Waals surface area contributed by atoms with E-state index in [2.05, 4.69) is 10.1 Å². The number of rotatable bonds is 3. The Bertz CT molecular complexity index is 456. The fourth-order valence-corrected chi connectivity index (χ4v) is 5.57. The molecule has 0 bridgehead atoms. The van der Waals surface area contributed by atoms with E-state index in [1.54, 1.807) is 11.8 Å². The number of likely N-dealkylation sites (tertiary alicyclic amines) is 1. The lowest BCUT2D eigenvalue weighted by atomic mass is 9.93. The summed E-state index contributed by atoms with van der Waals surface area (Å²) < 4.78 is 22.7. The zero-order valence-corrected chi connectivity index (χ0v) is 12.7. The van der Waals surface area contributed by atoms with Gasteiger partial charge in [0.05, 0.1) is 16.3 Å². The van der Waals surface area contributed by atoms with Crippen molar-refractivity contribution in [3.63, 3.8) is 0 Å². The molecule has 2 saturated heterocycles. The molecule has 1 atom stereocenters. The van der Waals surface area contributed by atoms with Crippen LogP contribution in [0.2, 0.25) is 0 Å². The highest BCUT2D eigenvalue weighted by Gasteiger charge is 2.41. The Kier molecular flexibility index (Phi) is 4.32. The molecule has 0 aromatic heterocycles. The van der Waals surface area contributed by atoms with E-state index in [4.69, 9.17) is 10.9 Å². The van der Waals surface area contributed by atoms with Crippen molar-refractivity contribution < 1.29 is 13.6 Å². The number of piperidine rings is 1. The molecule has 0 aromatic carbocycles. The molecule has 1 unspecified atom stereocenters. The highest BCUT2D eigenvalue weighted by Crippen LogP contribution is 2.36. The smallest absolute Gasteiger partial charge is 0.155 e. The van der Waals surface area contributed by atoms with Crippen LogP contribution in [0.4, 0.5) is 0 Å². The van der Waals surface area contributed by atoms with E-state index in [1.165, 1.54) is 0 Å². The molecule has 6 nitrogen and oxygen atoms in total. The number of thioether (sulfide) groups is 1. The zero-order chi connectivity index (χ0) is 14.1. The van der Waals surface area contributed by atoms with Crippen molar-refractivity contribution in [3.05, 3.63) is 0 Å². The van der Waals surface area contributed by atoms with Crippen LogP contribution in [0.1, 0.15) is 19.3 Å². The van der Waals surface area contributed by atoms with Gasteiger partial charge in [-0.05, 0) is 25.5 Å². The van der Waals surface area contributed by atoms with Gasteiger partial charge in [-0.3, -0.25) is 4.90 Å². The molecule has 0 amide bonds. The first-order valence-electron chi connectivity index (χ1n) is 6.40. The first-order chi connectivity index (χ1) is 8.92. The average molecular weight is 307 g/mol. The number of amidine groups is 1. The summed E-state index contributed by atoms with van der Waals surface area (Å²) in [5.74, 6) is 0.865. The van der Waals surface area contributed by atoms with E-state index in [1.807, 2.05) is 6.26 Å². The summed E-state index contributed by atoms with van der Waals surface area (Å²) in [6, 6.07) is 0.150. The van der Waals surface area contributed by atoms with Crippen molar-refractivity contribution in [1.29, 1.82) is 0 Å². The van der Waals surface area contributed by atoms with Gasteiger partial charge in [0.2, 0.25) is 0 Å². The molecule has 19 heavy (non-hydrogen) atoms. The summed E-state index contributed by atoms with van der Waals surface area (Å²) in [5, 5.41) is 12.0. The van der Waals surface area contributed by atoms with Crippen LogP contribution in [0.3, 0.4) is 0 Å². The van der Waals surface area contributed by atoms with Crippen LogP contribution in [0.5, 0.6) is 0 Å². The molecule has 0 radical (unpaired) electrons. The van der Waals surface area contributed by atoms with Gasteiger partial charge in [0.1, 0.15) is 0 Å². The third-order valence-electron chi connectivity index (χ3n) is 4.30. The fraction of sp³-hybridized carbons (Fsp3) is 0.909. The highest BCUT2D eigenvalue weighted by molar-refractivity contribution is 8.00. The van der Waals surface area contributed by atoms with Crippen LogP contribution < -0.4 is 5.73 Å². The molecule has 8 heteroatoms. The second-order valence-corrected chi connectivity index (χ2v) is 8.69. The Labute approximate surface area is 118 Å². The van der Waals surface area contributed by atoms with Crippen LogP contribution in [0.25, 0.3) is 0 Å². The zero-order valence-electron chi connectivity index (χ0n) is 11.1. The molecule has 0 saturated carbocycles. The lowest BCUT2D eigenvalue weighted by Gasteiger charge is -2.41. The Balaban J connectivity index is 1.99. The minimum absolute atomic E-state index is 0.150. The van der Waals surface area contributed by atoms with Gasteiger partial charge in [0.25, 0.3) is 0 Å². The Morgan fingerprint density at radius 3 is 2.53 bits per heavy atom. The van der Waals surface area contributed by atoms with Crippen LogP contribution >= 0.6 is 11.8 Å². The molecular weight excluding hydrogens is 286 g/mol. The standard InChI is InChI=1S/C11H21N3O3S2/c1-18-11(10(12)13-15)3-5-14(6-4-11)9-2-7-19(16,17)8-9/h9,15H,2-8H2,1H3,(H2,12,13). The summed E-state index contributed by atoms with van der Waals surface area (Å²) in [6.07, 6.45) is 4.28. The van der Waals surface area contributed by atoms with Gasteiger partial charge >= 0.3 is 0 Å². The molecule has 110 valence electrons. The molecular formula is C11H21N3O3S2. The molecule has 2 aliphatic heterocycles. The van der Waals surface area contributed by atoms with Crippen LogP contribution in [-0.2, 0) is 9.84 Å². The van der Waals surface area contributed by atoms with Crippen molar-refractivity contribution in [2.24, 2.45) is 10.9 Å². The average Bonchev–Trinajstić information content (AvgIpc) is 2.78. The predicted molar refractivity (Wildman–Crippen MR) is 77.5 cm³/mol. The van der Waals surface area contributed by atoms with E-state index in [0.717, 1.165) is 32.4 Å². The van der Waals surface area contributed by atoms with Crippen LogP contribution in [0.15, 0.2) is 5.16 Å². The molecule has 0 spiro atoms. The van der Waals surface area contributed by atoms with Gasteiger partial charge in [-0.2, -0.15) is 11.8 Å². The maximum Gasteiger partial charge on any atom is 0.155 e. The van der Waals surface area contributed by atoms with Gasteiger partial charge < -0.3 is 10.9 Å². The van der Waals surface area contributed by atoms with Crippen LogP contribution in [0, 0.1) is 0 Å². The molecule has 2 aliphatic rings. The van der Waals surface area contributed by atoms with Crippen molar-refractivity contribution in [2.45, 2.75) is 30.1 Å².